The standard InChI is InChI=1S/C15H16N2/c1-10-4-6-12(16)9-14(10)13-7-5-11-3-2-8-17-15(11)13/h2-4,6,8-9,13H,5,7,16H2,1H3. The molecule has 0 radical (unpaired) electrons. The molecule has 0 bridgehead atoms. The Morgan fingerprint density at radius 3 is 3.06 bits per heavy atom. The van der Waals surface area contributed by atoms with E-state index in [1.807, 2.05) is 18.3 Å². The maximum absolute atomic E-state index is 5.89. The third-order valence-corrected chi connectivity index (χ3v) is 3.64. The number of hydrogen-bond acceptors (Lipinski definition) is 2. The van der Waals surface area contributed by atoms with E-state index >= 15 is 0 Å². The van der Waals surface area contributed by atoms with Crippen LogP contribution in [0.5, 0.6) is 0 Å². The molecule has 1 atom stereocenters. The van der Waals surface area contributed by atoms with Crippen molar-refractivity contribution in [2.24, 2.45) is 0 Å². The summed E-state index contributed by atoms with van der Waals surface area (Å²) in [7, 11) is 0. The van der Waals surface area contributed by atoms with Crippen molar-refractivity contribution < 1.29 is 0 Å². The minimum absolute atomic E-state index is 0.426. The average Bonchev–Trinajstić information content (AvgIpc) is 2.76. The number of hydrogen-bond donors (Lipinski definition) is 1. The zero-order valence-electron chi connectivity index (χ0n) is 9.98. The summed E-state index contributed by atoms with van der Waals surface area (Å²) in [4.78, 5) is 4.55. The van der Waals surface area contributed by atoms with Crippen molar-refractivity contribution in [3.05, 3.63) is 58.9 Å². The SMILES string of the molecule is Cc1ccc(N)cc1C1CCc2cccnc21. The predicted octanol–water partition coefficient (Wildman–Crippen LogP) is 3.05. The molecule has 17 heavy (non-hydrogen) atoms. The molecule has 86 valence electrons. The zero-order valence-corrected chi connectivity index (χ0v) is 9.98. The summed E-state index contributed by atoms with van der Waals surface area (Å²) >= 11 is 0. The van der Waals surface area contributed by atoms with Gasteiger partial charge in [0.2, 0.25) is 0 Å². The van der Waals surface area contributed by atoms with E-state index < -0.39 is 0 Å². The number of nitrogens with zero attached hydrogens (tertiary/aromatic N) is 1. The Balaban J connectivity index is 2.10. The van der Waals surface area contributed by atoms with Crippen LogP contribution >= 0.6 is 0 Å². The van der Waals surface area contributed by atoms with Gasteiger partial charge >= 0.3 is 0 Å². The van der Waals surface area contributed by atoms with E-state index in [4.69, 9.17) is 5.73 Å². The van der Waals surface area contributed by atoms with Crippen molar-refractivity contribution in [3.63, 3.8) is 0 Å². The lowest BCUT2D eigenvalue weighted by atomic mass is 9.92. The van der Waals surface area contributed by atoms with Crippen LogP contribution in [0, 0.1) is 6.92 Å². The summed E-state index contributed by atoms with van der Waals surface area (Å²) < 4.78 is 0. The minimum atomic E-state index is 0.426. The zero-order chi connectivity index (χ0) is 11.8. The van der Waals surface area contributed by atoms with Crippen molar-refractivity contribution >= 4 is 5.69 Å². The number of nitrogens with two attached hydrogens (primary N) is 1. The molecule has 0 aliphatic heterocycles. The second-order valence-corrected chi connectivity index (χ2v) is 4.76. The molecule has 3 rings (SSSR count). The predicted molar refractivity (Wildman–Crippen MR) is 70.0 cm³/mol. The molecule has 0 amide bonds. The van der Waals surface area contributed by atoms with Crippen LogP contribution in [0.15, 0.2) is 36.5 Å². The van der Waals surface area contributed by atoms with Crippen LogP contribution in [0.2, 0.25) is 0 Å². The molecule has 0 saturated carbocycles. The summed E-state index contributed by atoms with van der Waals surface area (Å²) in [5, 5.41) is 0. The van der Waals surface area contributed by atoms with Gasteiger partial charge in [-0.15, -0.1) is 0 Å². The first-order chi connectivity index (χ1) is 8.25. The highest BCUT2D eigenvalue weighted by Crippen LogP contribution is 2.38. The van der Waals surface area contributed by atoms with Crippen molar-refractivity contribution in [2.75, 3.05) is 5.73 Å². The van der Waals surface area contributed by atoms with Gasteiger partial charge in [0, 0.05) is 17.8 Å². The molecule has 2 heteroatoms. The summed E-state index contributed by atoms with van der Waals surface area (Å²) in [6, 6.07) is 10.4. The molecule has 0 spiro atoms. The van der Waals surface area contributed by atoms with Gasteiger partial charge in [0.25, 0.3) is 0 Å². The topological polar surface area (TPSA) is 38.9 Å². The smallest absolute Gasteiger partial charge is 0.0510 e. The van der Waals surface area contributed by atoms with E-state index in [1.54, 1.807) is 0 Å². The van der Waals surface area contributed by atoms with Gasteiger partial charge in [-0.25, -0.2) is 0 Å². The normalized spacial score (nSPS) is 18.1. The molecular weight excluding hydrogens is 208 g/mol. The molecule has 1 aliphatic rings. The van der Waals surface area contributed by atoms with E-state index in [0.717, 1.165) is 18.5 Å². The van der Waals surface area contributed by atoms with Crippen LogP contribution in [-0.2, 0) is 6.42 Å². The summed E-state index contributed by atoms with van der Waals surface area (Å²) in [6.45, 7) is 2.15. The number of pyridine rings is 1. The molecule has 1 aromatic heterocycles. The molecule has 2 nitrogen and oxygen atoms in total. The van der Waals surface area contributed by atoms with E-state index in [2.05, 4.69) is 30.1 Å². The Kier molecular flexibility index (Phi) is 2.36. The number of benzene rings is 1. The number of fused-ring (bicyclic) bond motifs is 1. The fourth-order valence-corrected chi connectivity index (χ4v) is 2.75. The van der Waals surface area contributed by atoms with Gasteiger partial charge in [0.15, 0.2) is 0 Å². The van der Waals surface area contributed by atoms with Gasteiger partial charge in [0.05, 0.1) is 5.69 Å². The van der Waals surface area contributed by atoms with Crippen molar-refractivity contribution in [1.29, 1.82) is 0 Å². The molecule has 2 aromatic rings. The Morgan fingerprint density at radius 2 is 2.18 bits per heavy atom. The Morgan fingerprint density at radius 1 is 1.29 bits per heavy atom. The van der Waals surface area contributed by atoms with E-state index in [0.29, 0.717) is 5.92 Å². The van der Waals surface area contributed by atoms with Gasteiger partial charge in [-0.05, 0) is 54.7 Å². The monoisotopic (exact) mass is 224 g/mol. The van der Waals surface area contributed by atoms with Crippen LogP contribution in [0.25, 0.3) is 0 Å². The quantitative estimate of drug-likeness (QED) is 0.756. The third kappa shape index (κ3) is 1.70. The largest absolute Gasteiger partial charge is 0.399 e. The van der Waals surface area contributed by atoms with Crippen LogP contribution in [0.3, 0.4) is 0 Å². The number of aromatic nitrogens is 1. The molecule has 1 unspecified atom stereocenters. The lowest BCUT2D eigenvalue weighted by molar-refractivity contribution is 0.767. The molecule has 1 heterocycles. The first-order valence-corrected chi connectivity index (χ1v) is 6.05. The van der Waals surface area contributed by atoms with Gasteiger partial charge in [0.1, 0.15) is 0 Å². The summed E-state index contributed by atoms with van der Waals surface area (Å²) in [5.74, 6) is 0.426. The van der Waals surface area contributed by atoms with Crippen molar-refractivity contribution in [3.8, 4) is 0 Å². The molecule has 1 aliphatic carbocycles. The van der Waals surface area contributed by atoms with Gasteiger partial charge in [-0.3, -0.25) is 4.98 Å². The van der Waals surface area contributed by atoms with Crippen molar-refractivity contribution in [2.45, 2.75) is 25.7 Å². The Bertz CT molecular complexity index is 561. The fourth-order valence-electron chi connectivity index (χ4n) is 2.75. The lowest BCUT2D eigenvalue weighted by Gasteiger charge is -2.14. The van der Waals surface area contributed by atoms with Gasteiger partial charge < -0.3 is 5.73 Å². The molecule has 0 fully saturated rings. The van der Waals surface area contributed by atoms with Gasteiger partial charge in [-0.1, -0.05) is 12.1 Å². The second-order valence-electron chi connectivity index (χ2n) is 4.76. The van der Waals surface area contributed by atoms with Crippen LogP contribution in [0.1, 0.15) is 34.7 Å². The third-order valence-electron chi connectivity index (χ3n) is 3.64. The summed E-state index contributed by atoms with van der Waals surface area (Å²) in [6.07, 6.45) is 4.16. The molecule has 0 saturated heterocycles. The number of nitrogen functional groups attached to an aromatic ring is 1. The maximum atomic E-state index is 5.89. The van der Waals surface area contributed by atoms with Crippen LogP contribution in [0.4, 0.5) is 5.69 Å². The molecule has 2 N–H and O–H groups in total. The van der Waals surface area contributed by atoms with Crippen molar-refractivity contribution in [1.82, 2.24) is 4.98 Å². The highest BCUT2D eigenvalue weighted by Gasteiger charge is 2.26. The van der Waals surface area contributed by atoms with Crippen LogP contribution < -0.4 is 5.73 Å². The maximum Gasteiger partial charge on any atom is 0.0510 e. The van der Waals surface area contributed by atoms with E-state index in [-0.39, 0.29) is 0 Å². The highest BCUT2D eigenvalue weighted by atomic mass is 14.7. The first kappa shape index (κ1) is 10.3. The fraction of sp³-hybridized carbons (Fsp3) is 0.267. The average molecular weight is 224 g/mol. The Hall–Kier alpha value is -1.83. The first-order valence-electron chi connectivity index (χ1n) is 6.05. The minimum Gasteiger partial charge on any atom is -0.399 e. The molecule has 1 aromatic carbocycles. The van der Waals surface area contributed by atoms with Gasteiger partial charge in [-0.2, -0.15) is 0 Å². The van der Waals surface area contributed by atoms with E-state index in [9.17, 15) is 0 Å². The lowest BCUT2D eigenvalue weighted by Crippen LogP contribution is -2.02. The number of aryl methyl sites for hydroxylation is 2. The Labute approximate surface area is 102 Å². The number of anilines is 1. The second kappa shape index (κ2) is 3.88. The summed E-state index contributed by atoms with van der Waals surface area (Å²) in [5.41, 5.74) is 12.0. The highest BCUT2D eigenvalue weighted by molar-refractivity contribution is 5.49. The van der Waals surface area contributed by atoms with Crippen LogP contribution in [-0.4, -0.2) is 4.98 Å². The molecular formula is C15H16N2. The number of rotatable bonds is 1. The van der Waals surface area contributed by atoms with E-state index in [1.165, 1.54) is 22.4 Å².